The fourth-order valence-corrected chi connectivity index (χ4v) is 0.470. The molecule has 50 valence electrons. The molecule has 0 aliphatic carbocycles. The van der Waals surface area contributed by atoms with Gasteiger partial charge >= 0.3 is 0 Å². The van der Waals surface area contributed by atoms with Gasteiger partial charge in [0.2, 0.25) is 0 Å². The highest BCUT2D eigenvalue weighted by Gasteiger charge is 1.99. The largest absolute Gasteiger partial charge is 0.337 e. The molecule has 0 amide bonds. The van der Waals surface area contributed by atoms with Crippen molar-refractivity contribution in [3.05, 3.63) is 11.7 Å². The molecule has 0 aliphatic heterocycles. The van der Waals surface area contributed by atoms with Crippen molar-refractivity contribution in [1.82, 2.24) is 10.1 Å². The molecule has 1 rings (SSSR count). The fraction of sp³-hybridized carbons (Fsp3) is 0.500. The molecule has 2 N–H and O–H groups in total. The summed E-state index contributed by atoms with van der Waals surface area (Å²) >= 11 is 0. The van der Waals surface area contributed by atoms with Gasteiger partial charge in [-0.05, 0) is 6.92 Å². The average Bonchev–Trinajstić information content (AvgIpc) is 2.17. The minimum Gasteiger partial charge on any atom is -0.337 e. The van der Waals surface area contributed by atoms with Gasteiger partial charge in [-0.15, -0.1) is 0 Å². The summed E-state index contributed by atoms with van der Waals surface area (Å²) in [6.45, 7) is 1.89. The van der Waals surface area contributed by atoms with Gasteiger partial charge in [0.25, 0.3) is 5.89 Å². The van der Waals surface area contributed by atoms with Gasteiger partial charge < -0.3 is 4.52 Å². The topological polar surface area (TPSA) is 74.2 Å². The molecule has 1 heterocycles. The summed E-state index contributed by atoms with van der Waals surface area (Å²) in [5.41, 5.74) is 0. The van der Waals surface area contributed by atoms with Gasteiger partial charge in [0.1, 0.15) is 6.61 Å². The van der Waals surface area contributed by atoms with Crippen LogP contribution in [0.3, 0.4) is 0 Å². The Morgan fingerprint density at radius 3 is 3.00 bits per heavy atom. The normalized spacial score (nSPS) is 10.0. The summed E-state index contributed by atoms with van der Waals surface area (Å²) in [4.78, 5) is 8.06. The molecule has 0 fully saturated rings. The van der Waals surface area contributed by atoms with Crippen molar-refractivity contribution in [1.29, 1.82) is 0 Å². The average molecular weight is 129 g/mol. The molecule has 0 atom stereocenters. The summed E-state index contributed by atoms with van der Waals surface area (Å²) in [5, 5.41) is 3.51. The summed E-state index contributed by atoms with van der Waals surface area (Å²) in [6, 6.07) is 0. The highest BCUT2D eigenvalue weighted by atomic mass is 16.6. The van der Waals surface area contributed by atoms with E-state index in [0.29, 0.717) is 11.7 Å². The molecule has 0 unspecified atom stereocenters. The third kappa shape index (κ3) is 1.48. The van der Waals surface area contributed by atoms with E-state index in [4.69, 9.17) is 5.90 Å². The van der Waals surface area contributed by atoms with E-state index in [1.807, 2.05) is 0 Å². The Morgan fingerprint density at radius 2 is 2.56 bits per heavy atom. The summed E-state index contributed by atoms with van der Waals surface area (Å²) < 4.78 is 4.64. The molecular formula is C4H7N3O2. The SMILES string of the molecule is Cc1noc(CON)n1. The first kappa shape index (κ1) is 6.18. The Bertz CT molecular complexity index is 186. The molecule has 0 aliphatic rings. The molecule has 9 heavy (non-hydrogen) atoms. The second-order valence-corrected chi connectivity index (χ2v) is 1.55. The number of aryl methyl sites for hydroxylation is 1. The summed E-state index contributed by atoms with van der Waals surface area (Å²) in [7, 11) is 0. The van der Waals surface area contributed by atoms with Crippen LogP contribution in [0.1, 0.15) is 11.7 Å². The number of nitrogens with two attached hydrogens (primary N) is 1. The predicted octanol–water partition coefficient (Wildman–Crippen LogP) is -0.232. The first-order valence-corrected chi connectivity index (χ1v) is 2.44. The zero-order valence-corrected chi connectivity index (χ0v) is 5.00. The number of nitrogens with zero attached hydrogens (tertiary/aromatic N) is 2. The Balaban J connectivity index is 2.61. The van der Waals surface area contributed by atoms with Crippen LogP contribution in [-0.2, 0) is 11.4 Å². The molecule has 0 saturated carbocycles. The molecule has 0 spiro atoms. The van der Waals surface area contributed by atoms with Crippen molar-refractivity contribution in [2.24, 2.45) is 5.90 Å². The van der Waals surface area contributed by atoms with Crippen molar-refractivity contribution in [2.45, 2.75) is 13.5 Å². The first-order chi connectivity index (χ1) is 4.33. The molecule has 1 aromatic rings. The van der Waals surface area contributed by atoms with Gasteiger partial charge in [0, 0.05) is 0 Å². The highest BCUT2D eigenvalue weighted by molar-refractivity contribution is 4.79. The molecular weight excluding hydrogens is 122 g/mol. The van der Waals surface area contributed by atoms with E-state index in [2.05, 4.69) is 19.5 Å². The first-order valence-electron chi connectivity index (χ1n) is 2.44. The van der Waals surface area contributed by atoms with Gasteiger partial charge in [-0.25, -0.2) is 5.90 Å². The van der Waals surface area contributed by atoms with Crippen molar-refractivity contribution < 1.29 is 9.36 Å². The van der Waals surface area contributed by atoms with E-state index < -0.39 is 0 Å². The van der Waals surface area contributed by atoms with Crippen LogP contribution in [-0.4, -0.2) is 10.1 Å². The van der Waals surface area contributed by atoms with Crippen molar-refractivity contribution in [3.8, 4) is 0 Å². The highest BCUT2D eigenvalue weighted by Crippen LogP contribution is 1.94. The van der Waals surface area contributed by atoms with Crippen LogP contribution in [0.15, 0.2) is 4.52 Å². The molecule has 1 aromatic heterocycles. The monoisotopic (exact) mass is 129 g/mol. The maximum atomic E-state index is 4.74. The predicted molar refractivity (Wildman–Crippen MR) is 28.0 cm³/mol. The van der Waals surface area contributed by atoms with Gasteiger partial charge in [0.05, 0.1) is 0 Å². The van der Waals surface area contributed by atoms with Gasteiger partial charge in [-0.1, -0.05) is 5.16 Å². The van der Waals surface area contributed by atoms with Crippen LogP contribution in [0.25, 0.3) is 0 Å². The van der Waals surface area contributed by atoms with E-state index in [1.165, 1.54) is 0 Å². The molecule has 0 radical (unpaired) electrons. The van der Waals surface area contributed by atoms with Gasteiger partial charge in [0.15, 0.2) is 5.82 Å². The zero-order valence-electron chi connectivity index (χ0n) is 5.00. The van der Waals surface area contributed by atoms with Crippen molar-refractivity contribution >= 4 is 0 Å². The molecule has 0 bridgehead atoms. The molecule has 0 saturated heterocycles. The van der Waals surface area contributed by atoms with Crippen molar-refractivity contribution in [3.63, 3.8) is 0 Å². The summed E-state index contributed by atoms with van der Waals surface area (Å²) in [6.07, 6.45) is 0. The van der Waals surface area contributed by atoms with Crippen LogP contribution < -0.4 is 5.90 Å². The Labute approximate surface area is 51.8 Å². The lowest BCUT2D eigenvalue weighted by Gasteiger charge is -1.85. The van der Waals surface area contributed by atoms with E-state index >= 15 is 0 Å². The van der Waals surface area contributed by atoms with E-state index in [9.17, 15) is 0 Å². The fourth-order valence-electron chi connectivity index (χ4n) is 0.470. The number of rotatable bonds is 2. The maximum absolute atomic E-state index is 4.74. The van der Waals surface area contributed by atoms with Crippen LogP contribution >= 0.6 is 0 Å². The zero-order chi connectivity index (χ0) is 6.69. The molecule has 0 aromatic carbocycles. The third-order valence-corrected chi connectivity index (χ3v) is 0.776. The second kappa shape index (κ2) is 2.56. The molecule has 5 nitrogen and oxygen atoms in total. The van der Waals surface area contributed by atoms with Gasteiger partial charge in [-0.2, -0.15) is 4.98 Å². The number of hydrogen-bond acceptors (Lipinski definition) is 5. The minimum absolute atomic E-state index is 0.167. The van der Waals surface area contributed by atoms with E-state index in [-0.39, 0.29) is 6.61 Å². The van der Waals surface area contributed by atoms with Crippen molar-refractivity contribution in [2.75, 3.05) is 0 Å². The quantitative estimate of drug-likeness (QED) is 0.558. The molecule has 5 heteroatoms. The number of aromatic nitrogens is 2. The third-order valence-electron chi connectivity index (χ3n) is 0.776. The van der Waals surface area contributed by atoms with E-state index in [0.717, 1.165) is 0 Å². The lowest BCUT2D eigenvalue weighted by atomic mass is 10.7. The lowest BCUT2D eigenvalue weighted by Crippen LogP contribution is -1.98. The van der Waals surface area contributed by atoms with E-state index in [1.54, 1.807) is 6.92 Å². The Kier molecular flexibility index (Phi) is 1.76. The van der Waals surface area contributed by atoms with Crippen LogP contribution in [0.4, 0.5) is 0 Å². The standard InChI is InChI=1S/C4H7N3O2/c1-3-6-4(2-8-5)9-7-3/h2,5H2,1H3. The second-order valence-electron chi connectivity index (χ2n) is 1.55. The maximum Gasteiger partial charge on any atom is 0.254 e. The van der Waals surface area contributed by atoms with Gasteiger partial charge in [-0.3, -0.25) is 4.84 Å². The van der Waals surface area contributed by atoms with Crippen LogP contribution in [0.2, 0.25) is 0 Å². The Hall–Kier alpha value is -0.940. The lowest BCUT2D eigenvalue weighted by molar-refractivity contribution is 0.0995. The van der Waals surface area contributed by atoms with Crippen LogP contribution in [0.5, 0.6) is 0 Å². The Morgan fingerprint density at radius 1 is 1.78 bits per heavy atom. The number of hydrogen-bond donors (Lipinski definition) is 1. The minimum atomic E-state index is 0.167. The summed E-state index contributed by atoms with van der Waals surface area (Å²) in [5.74, 6) is 5.73. The smallest absolute Gasteiger partial charge is 0.254 e. The van der Waals surface area contributed by atoms with Crippen LogP contribution in [0, 0.1) is 6.92 Å².